The van der Waals surface area contributed by atoms with E-state index in [1.807, 2.05) is 13.8 Å². The summed E-state index contributed by atoms with van der Waals surface area (Å²) in [5.41, 5.74) is -0.0474. The first kappa shape index (κ1) is 34.5. The Bertz CT molecular complexity index is 1300. The van der Waals surface area contributed by atoms with Crippen LogP contribution in [-0.2, 0) is 41.6 Å². The van der Waals surface area contributed by atoms with Crippen LogP contribution in [0.1, 0.15) is 49.0 Å². The molecule has 4 atom stereocenters. The zero-order chi connectivity index (χ0) is 32.4. The number of carbonyl (C=O) groups is 4. The number of morpholine rings is 1. The predicted octanol–water partition coefficient (Wildman–Crippen LogP) is 0.911. The number of hydrogen-bond donors (Lipinski definition) is 3. The molecule has 3 N–H and O–H groups in total. The molecule has 0 spiro atoms. The van der Waals surface area contributed by atoms with Crippen molar-refractivity contribution in [1.82, 2.24) is 30.4 Å². The molecule has 2 aliphatic heterocycles. The fourth-order valence-electron chi connectivity index (χ4n) is 4.76. The van der Waals surface area contributed by atoms with Crippen molar-refractivity contribution in [2.45, 2.75) is 63.1 Å². The number of ketones is 1. The number of hydrogen-bond acceptors (Lipinski definition) is 12. The molecule has 2 unspecified atom stereocenters. The fraction of sp³-hybridized carbons (Fsp3) is 0.600. The van der Waals surface area contributed by atoms with Gasteiger partial charge in [0.25, 0.3) is 11.8 Å². The summed E-state index contributed by atoms with van der Waals surface area (Å²) >= 11 is 0.898. The molecule has 4 heterocycles. The van der Waals surface area contributed by atoms with Crippen LogP contribution in [-0.4, -0.2) is 108 Å². The number of pyridine rings is 1. The smallest absolute Gasteiger partial charge is 0.274 e. The Kier molecular flexibility index (Phi) is 12.5. The third-order valence-corrected chi connectivity index (χ3v) is 8.42. The molecule has 2 saturated heterocycles. The second-order valence-electron chi connectivity index (χ2n) is 11.8. The van der Waals surface area contributed by atoms with Gasteiger partial charge in [-0.2, -0.15) is 0 Å². The third kappa shape index (κ3) is 10.3. The van der Waals surface area contributed by atoms with Crippen LogP contribution in [0.15, 0.2) is 35.1 Å². The topological polar surface area (TPSA) is 178 Å². The van der Waals surface area contributed by atoms with Gasteiger partial charge >= 0.3 is 0 Å². The fourth-order valence-corrected chi connectivity index (χ4v) is 5.62. The van der Waals surface area contributed by atoms with Gasteiger partial charge in [0.2, 0.25) is 5.91 Å². The van der Waals surface area contributed by atoms with Crippen molar-refractivity contribution < 1.29 is 37.9 Å². The summed E-state index contributed by atoms with van der Waals surface area (Å²) in [7, 11) is 1.41. The van der Waals surface area contributed by atoms with Gasteiger partial charge in [-0.15, -0.1) is 0 Å². The Labute approximate surface area is 266 Å². The molecule has 2 fully saturated rings. The van der Waals surface area contributed by atoms with Gasteiger partial charge < -0.3 is 29.4 Å². The number of ether oxygens (including phenoxy) is 3. The lowest BCUT2D eigenvalue weighted by Gasteiger charge is -2.25. The van der Waals surface area contributed by atoms with Crippen molar-refractivity contribution in [2.75, 3.05) is 46.6 Å². The van der Waals surface area contributed by atoms with Gasteiger partial charge in [-0.3, -0.25) is 33.8 Å². The van der Waals surface area contributed by atoms with Gasteiger partial charge in [0.1, 0.15) is 16.9 Å². The highest BCUT2D eigenvalue weighted by Crippen LogP contribution is 2.30. The number of carbonyl (C=O) groups excluding carboxylic acids is 4. The van der Waals surface area contributed by atoms with Crippen molar-refractivity contribution >= 4 is 35.5 Å². The second-order valence-corrected chi connectivity index (χ2v) is 12.8. The van der Waals surface area contributed by atoms with Gasteiger partial charge in [-0.25, -0.2) is 0 Å². The van der Waals surface area contributed by atoms with Crippen LogP contribution in [0.5, 0.6) is 0 Å². The zero-order valence-corrected chi connectivity index (χ0v) is 26.9. The van der Waals surface area contributed by atoms with Crippen molar-refractivity contribution in [3.63, 3.8) is 0 Å². The molecule has 0 bridgehead atoms. The number of amides is 3. The van der Waals surface area contributed by atoms with E-state index in [1.165, 1.54) is 7.11 Å². The second kappa shape index (κ2) is 16.3. The van der Waals surface area contributed by atoms with Crippen LogP contribution in [0.3, 0.4) is 0 Å². The van der Waals surface area contributed by atoms with E-state index >= 15 is 0 Å². The van der Waals surface area contributed by atoms with Crippen LogP contribution in [0.2, 0.25) is 0 Å². The molecule has 0 aromatic carbocycles. The van der Waals surface area contributed by atoms with E-state index < -0.39 is 40.7 Å². The molecule has 0 aliphatic carbocycles. The van der Waals surface area contributed by atoms with Gasteiger partial charge in [0.05, 0.1) is 39.0 Å². The Morgan fingerprint density at radius 1 is 1.09 bits per heavy atom. The van der Waals surface area contributed by atoms with Gasteiger partial charge in [0.15, 0.2) is 17.2 Å². The van der Waals surface area contributed by atoms with Crippen LogP contribution in [0, 0.1) is 5.92 Å². The summed E-state index contributed by atoms with van der Waals surface area (Å²) in [4.78, 5) is 59.1. The highest BCUT2D eigenvalue weighted by molar-refractivity contribution is 7.99. The average Bonchev–Trinajstić information content (AvgIpc) is 3.61. The minimum Gasteiger partial charge on any atom is -0.382 e. The zero-order valence-electron chi connectivity index (χ0n) is 26.1. The van der Waals surface area contributed by atoms with Crippen molar-refractivity contribution in [2.24, 2.45) is 5.92 Å². The van der Waals surface area contributed by atoms with Crippen molar-refractivity contribution in [3.05, 3.63) is 47.6 Å². The van der Waals surface area contributed by atoms with Crippen molar-refractivity contribution in [3.8, 4) is 0 Å². The molecule has 2 aromatic rings. The molecule has 45 heavy (non-hydrogen) atoms. The summed E-state index contributed by atoms with van der Waals surface area (Å²) in [6.07, 6.45) is 3.93. The van der Waals surface area contributed by atoms with Crippen LogP contribution in [0.25, 0.3) is 0 Å². The number of aromatic nitrogens is 2. The molecule has 15 heteroatoms. The molecule has 14 nitrogen and oxygen atoms in total. The molecule has 3 amide bonds. The van der Waals surface area contributed by atoms with E-state index in [9.17, 15) is 19.2 Å². The van der Waals surface area contributed by atoms with E-state index in [2.05, 4.69) is 30.4 Å². The van der Waals surface area contributed by atoms with E-state index in [0.29, 0.717) is 38.5 Å². The number of nitrogens with one attached hydrogen (secondary N) is 3. The number of nitrogens with zero attached hydrogens (tertiary/aromatic N) is 3. The minimum atomic E-state index is -1.08. The first-order valence-electron chi connectivity index (χ1n) is 15.0. The maximum atomic E-state index is 13.6. The Hall–Kier alpha value is -3.37. The number of rotatable bonds is 17. The number of Topliss-reactive ketones (excluding diaryl/α,β-unsaturated/α-hetero) is 1. The Morgan fingerprint density at radius 3 is 2.44 bits per heavy atom. The molecular formula is C30H42N6O8S. The summed E-state index contributed by atoms with van der Waals surface area (Å²) in [6.45, 7) is 9.09. The van der Waals surface area contributed by atoms with E-state index in [4.69, 9.17) is 18.7 Å². The highest BCUT2D eigenvalue weighted by Gasteiger charge is 2.50. The molecule has 0 radical (unpaired) electrons. The van der Waals surface area contributed by atoms with Crippen molar-refractivity contribution in [1.29, 1.82) is 0 Å². The average molecular weight is 647 g/mol. The van der Waals surface area contributed by atoms with Gasteiger partial charge in [-0.1, -0.05) is 19.0 Å². The molecule has 246 valence electrons. The molecule has 2 aliphatic rings. The van der Waals surface area contributed by atoms with Gasteiger partial charge in [0, 0.05) is 38.7 Å². The quantitative estimate of drug-likeness (QED) is 0.164. The molecule has 2 aromatic heterocycles. The summed E-state index contributed by atoms with van der Waals surface area (Å²) in [6, 6.07) is 3.27. The van der Waals surface area contributed by atoms with Crippen LogP contribution >= 0.6 is 11.9 Å². The molecule has 4 rings (SSSR count). The number of methoxy groups -OCH3 is 1. The normalized spacial score (nSPS) is 20.2. The largest absolute Gasteiger partial charge is 0.382 e. The first-order chi connectivity index (χ1) is 21.6. The van der Waals surface area contributed by atoms with Crippen LogP contribution < -0.4 is 15.4 Å². The molecule has 0 saturated carbocycles. The van der Waals surface area contributed by atoms with E-state index in [-0.39, 0.29) is 30.4 Å². The van der Waals surface area contributed by atoms with Crippen LogP contribution in [0.4, 0.5) is 0 Å². The SMILES string of the molecule is COC[C@H](NC(=O)c1cc(CN2CCOCC2)on1)C(=O)NS[C@@H](Cc1ccncc1)C(=O)NC(CC(C)C)C(=O)C1(C)CO1. The number of epoxide rings is 1. The standard InChI is InChI=1S/C30H42N6O8S/c1-19(2)13-22(26(37)30(3)18-43-30)32-29(40)25(14-20-5-7-31-8-6-20)45-35-28(39)24(17-41-4)33-27(38)23-15-21(44-34-23)16-36-9-11-42-12-10-36/h5-8,15,19,22,24-25H,9-14,16-18H2,1-4H3,(H,32,40)(H,33,38)(H,35,39)/t22?,24-,25-,30?/m0/s1. The van der Waals surface area contributed by atoms with E-state index in [1.54, 1.807) is 37.5 Å². The maximum absolute atomic E-state index is 13.6. The molecular weight excluding hydrogens is 604 g/mol. The Morgan fingerprint density at radius 2 is 1.80 bits per heavy atom. The van der Waals surface area contributed by atoms with Gasteiger partial charge in [-0.05, 0) is 55.3 Å². The third-order valence-electron chi connectivity index (χ3n) is 7.43. The Balaban J connectivity index is 1.39. The first-order valence-corrected chi connectivity index (χ1v) is 15.8. The maximum Gasteiger partial charge on any atom is 0.274 e. The lowest BCUT2D eigenvalue weighted by Crippen LogP contribution is -2.51. The highest BCUT2D eigenvalue weighted by atomic mass is 32.2. The monoisotopic (exact) mass is 646 g/mol. The summed E-state index contributed by atoms with van der Waals surface area (Å²) < 4.78 is 23.9. The summed E-state index contributed by atoms with van der Waals surface area (Å²) in [5.74, 6) is -1.11. The minimum absolute atomic E-state index is 0.0314. The lowest BCUT2D eigenvalue weighted by molar-refractivity contribution is -0.130. The van der Waals surface area contributed by atoms with E-state index in [0.717, 1.165) is 30.6 Å². The predicted molar refractivity (Wildman–Crippen MR) is 164 cm³/mol. The lowest BCUT2D eigenvalue weighted by atomic mass is 9.93. The summed E-state index contributed by atoms with van der Waals surface area (Å²) in [5, 5.41) is 8.59.